The Kier molecular flexibility index (Phi) is 6.56. The Morgan fingerprint density at radius 3 is 2.52 bits per heavy atom. The highest BCUT2D eigenvalue weighted by molar-refractivity contribution is 5.79. The lowest BCUT2D eigenvalue weighted by Crippen LogP contribution is -2.38. The van der Waals surface area contributed by atoms with Gasteiger partial charge < -0.3 is 14.2 Å². The molecule has 0 aliphatic heterocycles. The first-order chi connectivity index (χ1) is 13.8. The second-order valence-electron chi connectivity index (χ2n) is 7.34. The van der Waals surface area contributed by atoms with Crippen LogP contribution in [0.4, 0.5) is 13.2 Å². The predicted molar refractivity (Wildman–Crippen MR) is 98.5 cm³/mol. The summed E-state index contributed by atoms with van der Waals surface area (Å²) in [5.74, 6) is -1.07. The summed E-state index contributed by atoms with van der Waals surface area (Å²) in [6.45, 7) is 3.50. The van der Waals surface area contributed by atoms with Gasteiger partial charge in [0.1, 0.15) is 0 Å². The van der Waals surface area contributed by atoms with E-state index in [4.69, 9.17) is 4.74 Å². The van der Waals surface area contributed by atoms with E-state index in [-0.39, 0.29) is 17.6 Å². The molecular weight excluding hydrogens is 387 g/mol. The fraction of sp³-hybridized carbons (Fsp3) is 0.550. The molecule has 29 heavy (non-hydrogen) atoms. The molecule has 1 aromatic heterocycles. The minimum atomic E-state index is -4.67. The van der Waals surface area contributed by atoms with Crippen LogP contribution in [0.15, 0.2) is 28.8 Å². The predicted octanol–water partition coefficient (Wildman–Crippen LogP) is 4.17. The van der Waals surface area contributed by atoms with Gasteiger partial charge in [-0.15, -0.1) is 0 Å². The average molecular weight is 411 g/mol. The molecule has 0 N–H and O–H groups in total. The normalized spacial score (nSPS) is 15.3. The molecule has 6 nitrogen and oxygen atoms in total. The maximum absolute atomic E-state index is 12.9. The minimum Gasteiger partial charge on any atom is -0.384 e. The molecule has 1 atom stereocenters. The Morgan fingerprint density at radius 1 is 1.31 bits per heavy atom. The van der Waals surface area contributed by atoms with Crippen molar-refractivity contribution in [2.24, 2.45) is 11.8 Å². The molecule has 1 aromatic carbocycles. The molecule has 158 valence electrons. The van der Waals surface area contributed by atoms with Gasteiger partial charge in [-0.25, -0.2) is 0 Å². The number of carbonyl (C=O) groups is 1. The molecular formula is C20H24F3N3O3. The number of amides is 1. The second-order valence-corrected chi connectivity index (χ2v) is 7.34. The molecule has 0 spiro atoms. The van der Waals surface area contributed by atoms with Crippen molar-refractivity contribution in [2.45, 2.75) is 38.9 Å². The minimum absolute atomic E-state index is 0.0679. The van der Waals surface area contributed by atoms with E-state index in [9.17, 15) is 18.0 Å². The van der Waals surface area contributed by atoms with Gasteiger partial charge in [0.25, 0.3) is 0 Å². The van der Waals surface area contributed by atoms with Crippen molar-refractivity contribution in [3.63, 3.8) is 0 Å². The van der Waals surface area contributed by atoms with E-state index in [0.717, 1.165) is 18.4 Å². The van der Waals surface area contributed by atoms with E-state index >= 15 is 0 Å². The smallest absolute Gasteiger partial charge is 0.384 e. The highest BCUT2D eigenvalue weighted by atomic mass is 19.4. The van der Waals surface area contributed by atoms with Crippen molar-refractivity contribution < 1.29 is 27.2 Å². The van der Waals surface area contributed by atoms with Gasteiger partial charge in [-0.05, 0) is 30.7 Å². The Morgan fingerprint density at radius 2 is 2.00 bits per heavy atom. The number of methoxy groups -OCH3 is 1. The number of nitrogens with zero attached hydrogens (tertiary/aromatic N) is 3. The van der Waals surface area contributed by atoms with Gasteiger partial charge in [0.05, 0.1) is 12.5 Å². The van der Waals surface area contributed by atoms with E-state index in [1.165, 1.54) is 0 Å². The third-order valence-corrected chi connectivity index (χ3v) is 4.95. The summed E-state index contributed by atoms with van der Waals surface area (Å²) in [4.78, 5) is 18.2. The first-order valence-electron chi connectivity index (χ1n) is 9.59. The van der Waals surface area contributed by atoms with E-state index in [1.807, 2.05) is 11.8 Å². The maximum Gasteiger partial charge on any atom is 0.471 e. The number of ether oxygens (including phenoxy) is 1. The van der Waals surface area contributed by atoms with Crippen LogP contribution in [-0.2, 0) is 22.3 Å². The molecule has 1 aliphatic carbocycles. The van der Waals surface area contributed by atoms with Crippen LogP contribution in [0.25, 0.3) is 11.4 Å². The van der Waals surface area contributed by atoms with Crippen molar-refractivity contribution in [3.8, 4) is 11.4 Å². The third kappa shape index (κ3) is 5.56. The van der Waals surface area contributed by atoms with Crippen molar-refractivity contribution in [1.82, 2.24) is 15.0 Å². The standard InChI is InChI=1S/C20H24F3N3O3/c1-3-15(12-28-2)18(27)26(10-13-4-5-13)11-14-6-8-16(9-7-14)17-24-19(29-25-17)20(21,22)23/h6-9,13,15H,3-5,10-12H2,1-2H3. The van der Waals surface area contributed by atoms with Crippen LogP contribution in [0.3, 0.4) is 0 Å². The highest BCUT2D eigenvalue weighted by Gasteiger charge is 2.38. The van der Waals surface area contributed by atoms with Crippen LogP contribution in [0.5, 0.6) is 0 Å². The zero-order valence-electron chi connectivity index (χ0n) is 16.4. The SMILES string of the molecule is CCC(COC)C(=O)N(Cc1ccc(-c2noc(C(F)(F)F)n2)cc1)CC1CC1. The van der Waals surface area contributed by atoms with Gasteiger partial charge in [-0.1, -0.05) is 36.3 Å². The lowest BCUT2D eigenvalue weighted by Gasteiger charge is -2.27. The number of hydrogen-bond acceptors (Lipinski definition) is 5. The monoisotopic (exact) mass is 411 g/mol. The van der Waals surface area contributed by atoms with Crippen LogP contribution in [0, 0.1) is 11.8 Å². The van der Waals surface area contributed by atoms with Gasteiger partial charge in [-0.2, -0.15) is 18.2 Å². The van der Waals surface area contributed by atoms with Gasteiger partial charge in [-0.3, -0.25) is 4.79 Å². The van der Waals surface area contributed by atoms with Gasteiger partial charge in [0, 0.05) is 25.8 Å². The lowest BCUT2D eigenvalue weighted by molar-refractivity contribution is -0.159. The summed E-state index contributed by atoms with van der Waals surface area (Å²) in [5.41, 5.74) is 1.30. The number of alkyl halides is 3. The number of hydrogen-bond donors (Lipinski definition) is 0. The maximum atomic E-state index is 12.9. The Bertz CT molecular complexity index is 816. The molecule has 9 heteroatoms. The first kappa shape index (κ1) is 21.3. The quantitative estimate of drug-likeness (QED) is 0.620. The van der Waals surface area contributed by atoms with Gasteiger partial charge >= 0.3 is 12.1 Å². The average Bonchev–Trinajstić information content (AvgIpc) is 3.36. The van der Waals surface area contributed by atoms with Crippen LogP contribution in [0.2, 0.25) is 0 Å². The number of aromatic nitrogens is 2. The summed E-state index contributed by atoms with van der Waals surface area (Å²) < 4.78 is 47.3. The molecule has 0 saturated heterocycles. The van der Waals surface area contributed by atoms with Crippen molar-refractivity contribution >= 4 is 5.91 Å². The summed E-state index contributed by atoms with van der Waals surface area (Å²) in [6.07, 6.45) is -1.72. The summed E-state index contributed by atoms with van der Waals surface area (Å²) in [7, 11) is 1.59. The Labute approximate surface area is 167 Å². The fourth-order valence-electron chi connectivity index (χ4n) is 3.10. The van der Waals surface area contributed by atoms with Crippen molar-refractivity contribution in [2.75, 3.05) is 20.3 Å². The molecule has 2 aromatic rings. The van der Waals surface area contributed by atoms with Crippen molar-refractivity contribution in [1.29, 1.82) is 0 Å². The zero-order chi connectivity index (χ0) is 21.0. The molecule has 0 bridgehead atoms. The summed E-state index contributed by atoms with van der Waals surface area (Å²) in [5, 5.41) is 3.39. The van der Waals surface area contributed by atoms with Crippen LogP contribution in [0.1, 0.15) is 37.6 Å². The lowest BCUT2D eigenvalue weighted by atomic mass is 10.0. The second kappa shape index (κ2) is 8.94. The highest BCUT2D eigenvalue weighted by Crippen LogP contribution is 2.31. The molecule has 1 heterocycles. The first-order valence-corrected chi connectivity index (χ1v) is 9.59. The Hall–Kier alpha value is -2.42. The van der Waals surface area contributed by atoms with E-state index in [1.54, 1.807) is 31.4 Å². The van der Waals surface area contributed by atoms with Gasteiger partial charge in [0.2, 0.25) is 11.7 Å². The van der Waals surface area contributed by atoms with Crippen LogP contribution >= 0.6 is 0 Å². The number of halogens is 3. The van der Waals surface area contributed by atoms with Crippen LogP contribution < -0.4 is 0 Å². The number of carbonyl (C=O) groups excluding carboxylic acids is 1. The topological polar surface area (TPSA) is 68.5 Å². The third-order valence-electron chi connectivity index (χ3n) is 4.95. The van der Waals surface area contributed by atoms with E-state index < -0.39 is 12.1 Å². The van der Waals surface area contributed by atoms with Crippen LogP contribution in [-0.4, -0.2) is 41.2 Å². The summed E-state index contributed by atoms with van der Waals surface area (Å²) in [6, 6.07) is 6.80. The number of rotatable bonds is 9. The van der Waals surface area contributed by atoms with E-state index in [0.29, 0.717) is 37.6 Å². The molecule has 1 fully saturated rings. The molecule has 1 unspecified atom stereocenters. The van der Waals surface area contributed by atoms with Crippen molar-refractivity contribution in [3.05, 3.63) is 35.7 Å². The molecule has 1 amide bonds. The molecule has 0 radical (unpaired) electrons. The summed E-state index contributed by atoms with van der Waals surface area (Å²) >= 11 is 0. The molecule has 1 saturated carbocycles. The Balaban J connectivity index is 1.71. The molecule has 3 rings (SSSR count). The van der Waals surface area contributed by atoms with E-state index in [2.05, 4.69) is 14.7 Å². The number of benzene rings is 1. The fourth-order valence-corrected chi connectivity index (χ4v) is 3.10. The zero-order valence-corrected chi connectivity index (χ0v) is 16.4. The molecule has 1 aliphatic rings. The largest absolute Gasteiger partial charge is 0.471 e. The van der Waals surface area contributed by atoms with Gasteiger partial charge in [0.15, 0.2) is 0 Å².